The minimum absolute atomic E-state index is 0.0744. The van der Waals surface area contributed by atoms with Gasteiger partial charge >= 0.3 is 0 Å². The minimum atomic E-state index is -0.0744. The number of nitrogens with zero attached hydrogens (tertiary/aromatic N) is 1. The van der Waals surface area contributed by atoms with E-state index in [1.54, 1.807) is 11.3 Å². The van der Waals surface area contributed by atoms with Gasteiger partial charge in [0.05, 0.1) is 5.56 Å². The van der Waals surface area contributed by atoms with Gasteiger partial charge in [-0.3, -0.25) is 4.79 Å². The van der Waals surface area contributed by atoms with E-state index in [0.29, 0.717) is 10.9 Å². The molecule has 1 aromatic heterocycles. The van der Waals surface area contributed by atoms with Crippen LogP contribution in [-0.4, -0.2) is 12.1 Å². The van der Waals surface area contributed by atoms with Crippen molar-refractivity contribution in [3.8, 4) is 0 Å². The first-order valence-electron chi connectivity index (χ1n) is 9.82. The highest BCUT2D eigenvalue weighted by Crippen LogP contribution is 2.41. The molecule has 1 atom stereocenters. The highest BCUT2D eigenvalue weighted by Gasteiger charge is 2.27. The standard InChI is InChI=1S/C24H23ClN2OS/c1-15-7-12-19-21(13-15)29-24(26-14-17-8-10-18(25)11-9-17)22(19)23(28)27-20-6-4-3-5-16(20)2/h3-6,8-11,14-15H,7,12-13H2,1-2H3,(H,27,28)/t15-/m1/s1. The van der Waals surface area contributed by atoms with E-state index in [1.807, 2.05) is 61.7 Å². The molecule has 2 aromatic carbocycles. The predicted octanol–water partition coefficient (Wildman–Crippen LogP) is 6.84. The highest BCUT2D eigenvalue weighted by atomic mass is 35.5. The third-order valence-corrected chi connectivity index (χ3v) is 6.73. The van der Waals surface area contributed by atoms with Gasteiger partial charge < -0.3 is 5.32 Å². The zero-order valence-corrected chi connectivity index (χ0v) is 18.1. The van der Waals surface area contributed by atoms with Crippen LogP contribution in [0.15, 0.2) is 53.5 Å². The number of nitrogens with one attached hydrogen (secondary N) is 1. The Hall–Kier alpha value is -2.43. The maximum absolute atomic E-state index is 13.3. The predicted molar refractivity (Wildman–Crippen MR) is 123 cm³/mol. The van der Waals surface area contributed by atoms with E-state index in [4.69, 9.17) is 16.6 Å². The lowest BCUT2D eigenvalue weighted by atomic mass is 9.88. The molecular formula is C24H23ClN2OS. The lowest BCUT2D eigenvalue weighted by Gasteiger charge is -2.18. The average molecular weight is 423 g/mol. The van der Waals surface area contributed by atoms with Crippen LogP contribution >= 0.6 is 22.9 Å². The van der Waals surface area contributed by atoms with Gasteiger partial charge in [-0.1, -0.05) is 48.9 Å². The summed E-state index contributed by atoms with van der Waals surface area (Å²) in [6.07, 6.45) is 4.86. The van der Waals surface area contributed by atoms with E-state index in [9.17, 15) is 4.79 Å². The Bertz CT molecular complexity index is 1070. The number of fused-ring (bicyclic) bond motifs is 1. The Balaban J connectivity index is 1.70. The van der Waals surface area contributed by atoms with E-state index in [-0.39, 0.29) is 5.91 Å². The summed E-state index contributed by atoms with van der Waals surface area (Å²) in [4.78, 5) is 19.3. The van der Waals surface area contributed by atoms with Crippen LogP contribution in [0, 0.1) is 12.8 Å². The van der Waals surface area contributed by atoms with Crippen molar-refractivity contribution in [3.05, 3.63) is 80.7 Å². The number of halogens is 1. The molecule has 1 amide bonds. The van der Waals surface area contributed by atoms with Crippen molar-refractivity contribution in [3.63, 3.8) is 0 Å². The van der Waals surface area contributed by atoms with Crippen LogP contribution in [0.25, 0.3) is 0 Å². The molecule has 0 saturated carbocycles. The second-order valence-corrected chi connectivity index (χ2v) is 9.13. The average Bonchev–Trinajstić information content (AvgIpc) is 3.06. The van der Waals surface area contributed by atoms with E-state index < -0.39 is 0 Å². The summed E-state index contributed by atoms with van der Waals surface area (Å²) >= 11 is 7.62. The third-order valence-electron chi connectivity index (χ3n) is 5.31. The molecule has 0 fully saturated rings. The van der Waals surface area contributed by atoms with Crippen molar-refractivity contribution in [1.82, 2.24) is 0 Å². The Kier molecular flexibility index (Phi) is 5.84. The number of hydrogen-bond acceptors (Lipinski definition) is 3. The van der Waals surface area contributed by atoms with E-state index in [1.165, 1.54) is 10.4 Å². The summed E-state index contributed by atoms with van der Waals surface area (Å²) in [5.41, 5.74) is 4.74. The zero-order chi connectivity index (χ0) is 20.4. The molecule has 1 aliphatic carbocycles. The summed E-state index contributed by atoms with van der Waals surface area (Å²) < 4.78 is 0. The summed E-state index contributed by atoms with van der Waals surface area (Å²) in [6, 6.07) is 15.4. The maximum Gasteiger partial charge on any atom is 0.259 e. The van der Waals surface area contributed by atoms with Crippen molar-refractivity contribution in [2.24, 2.45) is 10.9 Å². The highest BCUT2D eigenvalue weighted by molar-refractivity contribution is 7.16. The van der Waals surface area contributed by atoms with Gasteiger partial charge in [0.2, 0.25) is 0 Å². The summed E-state index contributed by atoms with van der Waals surface area (Å²) in [5.74, 6) is 0.566. The molecule has 3 aromatic rings. The Labute approximate surface area is 180 Å². The van der Waals surface area contributed by atoms with Crippen LogP contribution in [0.4, 0.5) is 10.7 Å². The molecule has 0 spiro atoms. The molecule has 1 aliphatic rings. The van der Waals surface area contributed by atoms with Crippen LogP contribution in [-0.2, 0) is 12.8 Å². The molecule has 0 radical (unpaired) electrons. The number of aryl methyl sites for hydroxylation is 1. The molecular weight excluding hydrogens is 400 g/mol. The topological polar surface area (TPSA) is 41.5 Å². The monoisotopic (exact) mass is 422 g/mol. The van der Waals surface area contributed by atoms with Gasteiger partial charge in [0.15, 0.2) is 0 Å². The molecule has 3 nitrogen and oxygen atoms in total. The Morgan fingerprint density at radius 3 is 2.72 bits per heavy atom. The molecule has 29 heavy (non-hydrogen) atoms. The molecule has 5 heteroatoms. The van der Waals surface area contributed by atoms with Crippen molar-refractivity contribution in [1.29, 1.82) is 0 Å². The van der Waals surface area contributed by atoms with Crippen LogP contribution in [0.5, 0.6) is 0 Å². The van der Waals surface area contributed by atoms with Crippen LogP contribution in [0.1, 0.15) is 45.3 Å². The number of carbonyl (C=O) groups is 1. The fourth-order valence-corrected chi connectivity index (χ4v) is 5.12. The number of para-hydroxylation sites is 1. The number of aliphatic imine (C=N–C) groups is 1. The van der Waals surface area contributed by atoms with Gasteiger partial charge in [-0.15, -0.1) is 11.3 Å². The van der Waals surface area contributed by atoms with Gasteiger partial charge in [0.1, 0.15) is 5.00 Å². The summed E-state index contributed by atoms with van der Waals surface area (Å²) in [7, 11) is 0. The summed E-state index contributed by atoms with van der Waals surface area (Å²) in [5, 5.41) is 4.57. The second kappa shape index (κ2) is 8.52. The smallest absolute Gasteiger partial charge is 0.259 e. The molecule has 0 saturated heterocycles. The third kappa shape index (κ3) is 4.44. The molecule has 0 aliphatic heterocycles. The quantitative estimate of drug-likeness (QED) is 0.459. The van der Waals surface area contributed by atoms with E-state index in [0.717, 1.165) is 46.6 Å². The van der Waals surface area contributed by atoms with E-state index in [2.05, 4.69) is 12.2 Å². The van der Waals surface area contributed by atoms with Gasteiger partial charge in [-0.25, -0.2) is 4.99 Å². The normalized spacial score (nSPS) is 16.0. The lowest BCUT2D eigenvalue weighted by molar-refractivity contribution is 0.102. The van der Waals surface area contributed by atoms with Crippen LogP contribution in [0.3, 0.4) is 0 Å². The zero-order valence-electron chi connectivity index (χ0n) is 16.5. The van der Waals surface area contributed by atoms with Crippen molar-refractivity contribution in [2.45, 2.75) is 33.1 Å². The van der Waals surface area contributed by atoms with Gasteiger partial charge in [0.25, 0.3) is 5.91 Å². The van der Waals surface area contributed by atoms with Gasteiger partial charge in [-0.2, -0.15) is 0 Å². The number of hydrogen-bond donors (Lipinski definition) is 1. The largest absolute Gasteiger partial charge is 0.322 e. The first-order chi connectivity index (χ1) is 14.0. The number of amides is 1. The molecule has 1 heterocycles. The fourth-order valence-electron chi connectivity index (χ4n) is 3.64. The van der Waals surface area contributed by atoms with E-state index >= 15 is 0 Å². The number of carbonyl (C=O) groups excluding carboxylic acids is 1. The summed E-state index contributed by atoms with van der Waals surface area (Å²) in [6.45, 7) is 4.27. The fraction of sp³-hybridized carbons (Fsp3) is 0.250. The Morgan fingerprint density at radius 2 is 1.97 bits per heavy atom. The Morgan fingerprint density at radius 1 is 1.21 bits per heavy atom. The van der Waals surface area contributed by atoms with Crippen molar-refractivity contribution < 1.29 is 4.79 Å². The van der Waals surface area contributed by atoms with Gasteiger partial charge in [0, 0.05) is 21.8 Å². The molecule has 0 bridgehead atoms. The van der Waals surface area contributed by atoms with Crippen LogP contribution in [0.2, 0.25) is 5.02 Å². The van der Waals surface area contributed by atoms with Crippen LogP contribution < -0.4 is 5.32 Å². The van der Waals surface area contributed by atoms with Gasteiger partial charge in [-0.05, 0) is 67.0 Å². The number of anilines is 1. The first-order valence-corrected chi connectivity index (χ1v) is 11.0. The number of thiophene rings is 1. The second-order valence-electron chi connectivity index (χ2n) is 7.61. The lowest BCUT2D eigenvalue weighted by Crippen LogP contribution is -2.17. The minimum Gasteiger partial charge on any atom is -0.322 e. The molecule has 1 N–H and O–H groups in total. The molecule has 148 valence electrons. The molecule has 4 rings (SSSR count). The first kappa shape index (κ1) is 19.9. The molecule has 0 unspecified atom stereocenters. The maximum atomic E-state index is 13.3. The van der Waals surface area contributed by atoms with Crippen molar-refractivity contribution >= 4 is 45.7 Å². The number of benzene rings is 2. The SMILES string of the molecule is Cc1ccccc1NC(=O)c1c(N=Cc2ccc(Cl)cc2)sc2c1CC[C@@H](C)C2. The number of rotatable bonds is 4. The van der Waals surface area contributed by atoms with Crippen molar-refractivity contribution in [2.75, 3.05) is 5.32 Å².